The number of anilines is 2. The minimum atomic E-state index is -0.390. The Bertz CT molecular complexity index is 586. The van der Waals surface area contributed by atoms with Crippen LogP contribution in [0, 0.1) is 10.1 Å². The number of nitro groups is 1. The zero-order chi connectivity index (χ0) is 14.5. The van der Waals surface area contributed by atoms with Crippen molar-refractivity contribution in [1.29, 1.82) is 0 Å². The molecule has 2 aromatic heterocycles. The van der Waals surface area contributed by atoms with Crippen molar-refractivity contribution in [2.45, 2.75) is 13.5 Å². The Balaban J connectivity index is 2.38. The first-order valence-electron chi connectivity index (χ1n) is 6.26. The Morgan fingerprint density at radius 1 is 1.45 bits per heavy atom. The summed E-state index contributed by atoms with van der Waals surface area (Å²) in [5, 5.41) is 16.1. The SMILES string of the molecule is CCN(Cc1cccs1)c1nc(NC)ccc1[N+](=O)[O-]. The minimum absolute atomic E-state index is 0.0300. The van der Waals surface area contributed by atoms with E-state index >= 15 is 0 Å². The quantitative estimate of drug-likeness (QED) is 0.654. The third-order valence-corrected chi connectivity index (χ3v) is 3.78. The molecule has 0 saturated carbocycles. The number of rotatable bonds is 6. The van der Waals surface area contributed by atoms with Gasteiger partial charge in [-0.3, -0.25) is 10.1 Å². The summed E-state index contributed by atoms with van der Waals surface area (Å²) < 4.78 is 0. The van der Waals surface area contributed by atoms with Gasteiger partial charge in [0.1, 0.15) is 5.82 Å². The molecule has 106 valence electrons. The molecule has 0 aliphatic heterocycles. The molecule has 0 radical (unpaired) electrons. The molecule has 0 spiro atoms. The molecule has 0 unspecified atom stereocenters. The van der Waals surface area contributed by atoms with Gasteiger partial charge in [0.2, 0.25) is 5.82 Å². The average Bonchev–Trinajstić information content (AvgIpc) is 2.97. The standard InChI is InChI=1S/C13H16N4O2S/c1-3-16(9-10-5-4-8-20-10)13-11(17(18)19)6-7-12(14-2)15-13/h4-8H,3,9H2,1-2H3,(H,14,15). The lowest BCUT2D eigenvalue weighted by Crippen LogP contribution is -2.24. The Kier molecular flexibility index (Phi) is 4.52. The average molecular weight is 292 g/mol. The van der Waals surface area contributed by atoms with Gasteiger partial charge >= 0.3 is 5.69 Å². The number of nitrogens with one attached hydrogen (secondary N) is 1. The van der Waals surface area contributed by atoms with Crippen molar-refractivity contribution < 1.29 is 4.92 Å². The van der Waals surface area contributed by atoms with E-state index in [-0.39, 0.29) is 5.69 Å². The van der Waals surface area contributed by atoms with E-state index < -0.39 is 4.92 Å². The second-order valence-corrected chi connectivity index (χ2v) is 5.17. The molecule has 20 heavy (non-hydrogen) atoms. The van der Waals surface area contributed by atoms with E-state index in [0.717, 1.165) is 4.88 Å². The maximum atomic E-state index is 11.2. The summed E-state index contributed by atoms with van der Waals surface area (Å²) in [6.45, 7) is 3.24. The maximum Gasteiger partial charge on any atom is 0.311 e. The molecule has 0 fully saturated rings. The highest BCUT2D eigenvalue weighted by atomic mass is 32.1. The number of thiophene rings is 1. The van der Waals surface area contributed by atoms with Gasteiger partial charge in [0.05, 0.1) is 11.5 Å². The van der Waals surface area contributed by atoms with Crippen molar-refractivity contribution in [1.82, 2.24) is 4.98 Å². The highest BCUT2D eigenvalue weighted by Crippen LogP contribution is 2.29. The second kappa shape index (κ2) is 6.33. The van der Waals surface area contributed by atoms with Gasteiger partial charge < -0.3 is 10.2 Å². The molecule has 0 aromatic carbocycles. The van der Waals surface area contributed by atoms with Crippen LogP contribution in [0.2, 0.25) is 0 Å². The fraction of sp³-hybridized carbons (Fsp3) is 0.308. The zero-order valence-electron chi connectivity index (χ0n) is 11.4. The van der Waals surface area contributed by atoms with E-state index in [1.165, 1.54) is 6.07 Å². The third kappa shape index (κ3) is 3.05. The van der Waals surface area contributed by atoms with Crippen molar-refractivity contribution in [3.63, 3.8) is 0 Å². The third-order valence-electron chi connectivity index (χ3n) is 2.92. The van der Waals surface area contributed by atoms with Crippen LogP contribution in [0.25, 0.3) is 0 Å². The molecule has 0 saturated heterocycles. The van der Waals surface area contributed by atoms with Crippen LogP contribution in [-0.4, -0.2) is 23.5 Å². The highest BCUT2D eigenvalue weighted by Gasteiger charge is 2.21. The lowest BCUT2D eigenvalue weighted by Gasteiger charge is -2.21. The first-order valence-corrected chi connectivity index (χ1v) is 7.14. The summed E-state index contributed by atoms with van der Waals surface area (Å²) in [5.41, 5.74) is 0.0300. The lowest BCUT2D eigenvalue weighted by molar-refractivity contribution is -0.384. The van der Waals surface area contributed by atoms with Gasteiger partial charge in [-0.25, -0.2) is 4.98 Å². The fourth-order valence-corrected chi connectivity index (χ4v) is 2.60. The first-order chi connectivity index (χ1) is 9.65. The molecule has 7 heteroatoms. The van der Waals surface area contributed by atoms with E-state index in [0.29, 0.717) is 24.7 Å². The van der Waals surface area contributed by atoms with Crippen molar-refractivity contribution >= 4 is 28.7 Å². The molecular formula is C13H16N4O2S. The highest BCUT2D eigenvalue weighted by molar-refractivity contribution is 7.09. The number of hydrogen-bond acceptors (Lipinski definition) is 6. The molecular weight excluding hydrogens is 276 g/mol. The van der Waals surface area contributed by atoms with Crippen LogP contribution in [-0.2, 0) is 6.54 Å². The smallest absolute Gasteiger partial charge is 0.311 e. The summed E-state index contributed by atoms with van der Waals surface area (Å²) >= 11 is 1.63. The van der Waals surface area contributed by atoms with Gasteiger partial charge in [-0.2, -0.15) is 0 Å². The zero-order valence-corrected chi connectivity index (χ0v) is 12.2. The predicted octanol–water partition coefficient (Wildman–Crippen LogP) is 3.12. The summed E-state index contributed by atoms with van der Waals surface area (Å²) in [4.78, 5) is 18.2. The molecule has 0 atom stereocenters. The van der Waals surface area contributed by atoms with Crippen LogP contribution >= 0.6 is 11.3 Å². The van der Waals surface area contributed by atoms with E-state index in [1.807, 2.05) is 29.3 Å². The summed E-state index contributed by atoms with van der Waals surface area (Å²) in [7, 11) is 1.74. The normalized spacial score (nSPS) is 10.3. The first kappa shape index (κ1) is 14.3. The number of hydrogen-bond donors (Lipinski definition) is 1. The largest absolute Gasteiger partial charge is 0.373 e. The predicted molar refractivity (Wildman–Crippen MR) is 81.5 cm³/mol. The van der Waals surface area contributed by atoms with Gasteiger partial charge in [0.15, 0.2) is 0 Å². The summed E-state index contributed by atoms with van der Waals surface area (Å²) in [6, 6.07) is 7.09. The Morgan fingerprint density at radius 2 is 2.25 bits per heavy atom. The second-order valence-electron chi connectivity index (χ2n) is 4.14. The van der Waals surface area contributed by atoms with E-state index in [2.05, 4.69) is 10.3 Å². The van der Waals surface area contributed by atoms with Crippen molar-refractivity contribution in [3.05, 3.63) is 44.6 Å². The van der Waals surface area contributed by atoms with Crippen LogP contribution in [0.5, 0.6) is 0 Å². The molecule has 1 N–H and O–H groups in total. The van der Waals surface area contributed by atoms with Gasteiger partial charge in [0.25, 0.3) is 0 Å². The molecule has 0 aliphatic rings. The number of aromatic nitrogens is 1. The molecule has 6 nitrogen and oxygen atoms in total. The maximum absolute atomic E-state index is 11.2. The molecule has 2 heterocycles. The monoisotopic (exact) mass is 292 g/mol. The molecule has 2 aromatic rings. The van der Waals surface area contributed by atoms with Crippen molar-refractivity contribution in [2.75, 3.05) is 23.8 Å². The minimum Gasteiger partial charge on any atom is -0.373 e. The van der Waals surface area contributed by atoms with Gasteiger partial charge in [0, 0.05) is 24.5 Å². The number of pyridine rings is 1. The molecule has 2 rings (SSSR count). The van der Waals surface area contributed by atoms with Crippen LogP contribution in [0.1, 0.15) is 11.8 Å². The van der Waals surface area contributed by atoms with E-state index in [9.17, 15) is 10.1 Å². The summed E-state index contributed by atoms with van der Waals surface area (Å²) in [5.74, 6) is 1.02. The van der Waals surface area contributed by atoms with Crippen LogP contribution in [0.4, 0.5) is 17.3 Å². The van der Waals surface area contributed by atoms with Gasteiger partial charge in [-0.15, -0.1) is 11.3 Å². The molecule has 0 bridgehead atoms. The van der Waals surface area contributed by atoms with Crippen LogP contribution in [0.15, 0.2) is 29.6 Å². The molecule has 0 aliphatic carbocycles. The van der Waals surface area contributed by atoms with E-state index in [1.54, 1.807) is 24.5 Å². The molecule has 0 amide bonds. The summed E-state index contributed by atoms with van der Waals surface area (Å²) in [6.07, 6.45) is 0. The van der Waals surface area contributed by atoms with Crippen molar-refractivity contribution in [3.8, 4) is 0 Å². The Labute approximate surface area is 121 Å². The topological polar surface area (TPSA) is 71.3 Å². The van der Waals surface area contributed by atoms with Crippen molar-refractivity contribution in [2.24, 2.45) is 0 Å². The Morgan fingerprint density at radius 3 is 2.80 bits per heavy atom. The van der Waals surface area contributed by atoms with E-state index in [4.69, 9.17) is 0 Å². The lowest BCUT2D eigenvalue weighted by atomic mass is 10.3. The Hall–Kier alpha value is -2.15. The van der Waals surface area contributed by atoms with Gasteiger partial charge in [-0.05, 0) is 24.4 Å². The van der Waals surface area contributed by atoms with Crippen LogP contribution in [0.3, 0.4) is 0 Å². The fourth-order valence-electron chi connectivity index (χ4n) is 1.88. The van der Waals surface area contributed by atoms with Gasteiger partial charge in [-0.1, -0.05) is 6.07 Å². The number of nitrogens with zero attached hydrogens (tertiary/aromatic N) is 3. The van der Waals surface area contributed by atoms with Crippen LogP contribution < -0.4 is 10.2 Å².